The molecular weight excluding hydrogens is 276 g/mol. The third kappa shape index (κ3) is 4.16. The minimum atomic E-state index is -0.692. The average Bonchev–Trinajstić information content (AvgIpc) is 2.45. The van der Waals surface area contributed by atoms with E-state index in [4.69, 9.17) is 5.73 Å². The van der Waals surface area contributed by atoms with Gasteiger partial charge in [0.1, 0.15) is 5.69 Å². The summed E-state index contributed by atoms with van der Waals surface area (Å²) in [7, 11) is 0. The second-order valence-electron chi connectivity index (χ2n) is 4.27. The summed E-state index contributed by atoms with van der Waals surface area (Å²) in [5, 5.41) is 13.6. The van der Waals surface area contributed by atoms with Crippen molar-refractivity contribution in [2.24, 2.45) is 5.73 Å². The van der Waals surface area contributed by atoms with Gasteiger partial charge in [0, 0.05) is 24.7 Å². The topological polar surface area (TPSA) is 119 Å². The van der Waals surface area contributed by atoms with Crippen LogP contribution >= 0.6 is 0 Å². The van der Waals surface area contributed by atoms with Gasteiger partial charge in [-0.3, -0.25) is 19.7 Å². The number of carbonyl (C=O) groups excluding carboxylic acids is 2. The third-order valence-corrected chi connectivity index (χ3v) is 3.02. The molecule has 0 spiro atoms. The monoisotopic (exact) mass is 294 g/mol. The molecule has 0 unspecified atom stereocenters. The molecule has 3 N–H and O–H groups in total. The Morgan fingerprint density at radius 3 is 2.43 bits per heavy atom. The molecule has 0 aromatic heterocycles. The molecule has 0 aliphatic carbocycles. The number of nitrogens with one attached hydrogen (secondary N) is 1. The van der Waals surface area contributed by atoms with E-state index >= 15 is 0 Å². The van der Waals surface area contributed by atoms with Crippen LogP contribution in [-0.2, 0) is 4.79 Å². The van der Waals surface area contributed by atoms with Crippen molar-refractivity contribution in [3.63, 3.8) is 0 Å². The zero-order chi connectivity index (χ0) is 16.0. The molecule has 0 heterocycles. The maximum atomic E-state index is 11.9. The number of nitrogens with zero attached hydrogens (tertiary/aromatic N) is 2. The first-order valence-electron chi connectivity index (χ1n) is 6.50. The molecule has 1 aromatic rings. The number of primary amides is 1. The van der Waals surface area contributed by atoms with Crippen LogP contribution in [0.4, 0.5) is 11.4 Å². The van der Waals surface area contributed by atoms with Crippen molar-refractivity contribution in [2.75, 3.05) is 25.0 Å². The van der Waals surface area contributed by atoms with Gasteiger partial charge in [0.15, 0.2) is 0 Å². The summed E-state index contributed by atoms with van der Waals surface area (Å²) in [5.74, 6) is -0.873. The van der Waals surface area contributed by atoms with Crippen molar-refractivity contribution >= 4 is 23.2 Å². The number of likely N-dealkylation sites (N-methyl/N-ethyl adjacent to an activating group) is 1. The van der Waals surface area contributed by atoms with Crippen molar-refractivity contribution in [3.8, 4) is 0 Å². The first kappa shape index (κ1) is 16.4. The standard InChI is InChI=1S/C13H18N4O4/c1-3-16(4-2)12(18)8-15-10-7-9(13(14)19)5-6-11(10)17(20)21/h5-7,15H,3-4,8H2,1-2H3,(H2,14,19). The van der Waals surface area contributed by atoms with E-state index in [0.717, 1.165) is 0 Å². The number of carbonyl (C=O) groups is 2. The van der Waals surface area contributed by atoms with Crippen LogP contribution in [0.1, 0.15) is 24.2 Å². The lowest BCUT2D eigenvalue weighted by molar-refractivity contribution is -0.383. The van der Waals surface area contributed by atoms with Gasteiger partial charge in [0.05, 0.1) is 11.5 Å². The highest BCUT2D eigenvalue weighted by molar-refractivity contribution is 5.95. The van der Waals surface area contributed by atoms with Crippen molar-refractivity contribution in [2.45, 2.75) is 13.8 Å². The fourth-order valence-electron chi connectivity index (χ4n) is 1.85. The number of amides is 2. The maximum absolute atomic E-state index is 11.9. The molecule has 114 valence electrons. The third-order valence-electron chi connectivity index (χ3n) is 3.02. The van der Waals surface area contributed by atoms with Gasteiger partial charge >= 0.3 is 0 Å². The fourth-order valence-corrected chi connectivity index (χ4v) is 1.85. The van der Waals surface area contributed by atoms with E-state index in [1.165, 1.54) is 18.2 Å². The van der Waals surface area contributed by atoms with Crippen LogP contribution in [0.15, 0.2) is 18.2 Å². The molecule has 0 bridgehead atoms. The SMILES string of the molecule is CCN(CC)C(=O)CNc1cc(C(N)=O)ccc1[N+](=O)[O-]. The summed E-state index contributed by atoms with van der Waals surface area (Å²) in [4.78, 5) is 35.0. The van der Waals surface area contributed by atoms with Crippen LogP contribution in [0.5, 0.6) is 0 Å². The molecule has 1 rings (SSSR count). The molecule has 0 fully saturated rings. The van der Waals surface area contributed by atoms with E-state index < -0.39 is 10.8 Å². The molecule has 0 radical (unpaired) electrons. The number of nitro groups is 1. The smallest absolute Gasteiger partial charge is 0.292 e. The van der Waals surface area contributed by atoms with Crippen LogP contribution in [-0.4, -0.2) is 41.3 Å². The van der Waals surface area contributed by atoms with Crippen LogP contribution < -0.4 is 11.1 Å². The fraction of sp³-hybridized carbons (Fsp3) is 0.385. The summed E-state index contributed by atoms with van der Waals surface area (Å²) in [6.45, 7) is 4.71. The van der Waals surface area contributed by atoms with Gasteiger partial charge in [0.25, 0.3) is 5.69 Å². The predicted molar refractivity (Wildman–Crippen MR) is 78.0 cm³/mol. The van der Waals surface area contributed by atoms with E-state index in [-0.39, 0.29) is 29.4 Å². The van der Waals surface area contributed by atoms with Gasteiger partial charge in [-0.15, -0.1) is 0 Å². The van der Waals surface area contributed by atoms with Crippen molar-refractivity contribution in [3.05, 3.63) is 33.9 Å². The normalized spacial score (nSPS) is 10.0. The zero-order valence-corrected chi connectivity index (χ0v) is 12.0. The Morgan fingerprint density at radius 2 is 1.95 bits per heavy atom. The Bertz CT molecular complexity index is 555. The number of benzene rings is 1. The Balaban J connectivity index is 2.95. The molecule has 21 heavy (non-hydrogen) atoms. The van der Waals surface area contributed by atoms with E-state index in [0.29, 0.717) is 13.1 Å². The van der Waals surface area contributed by atoms with Crippen LogP contribution in [0, 0.1) is 10.1 Å². The van der Waals surface area contributed by atoms with Gasteiger partial charge in [0.2, 0.25) is 11.8 Å². The van der Waals surface area contributed by atoms with Gasteiger partial charge in [-0.25, -0.2) is 0 Å². The van der Waals surface area contributed by atoms with Gasteiger partial charge in [-0.2, -0.15) is 0 Å². The second kappa shape index (κ2) is 7.22. The quantitative estimate of drug-likeness (QED) is 0.573. The first-order valence-corrected chi connectivity index (χ1v) is 6.50. The highest BCUT2D eigenvalue weighted by Gasteiger charge is 2.17. The second-order valence-corrected chi connectivity index (χ2v) is 4.27. The van der Waals surface area contributed by atoms with Crippen LogP contribution in [0.3, 0.4) is 0 Å². The van der Waals surface area contributed by atoms with E-state index in [1.807, 2.05) is 13.8 Å². The summed E-state index contributed by atoms with van der Waals surface area (Å²) >= 11 is 0. The lowest BCUT2D eigenvalue weighted by Crippen LogP contribution is -2.35. The highest BCUT2D eigenvalue weighted by Crippen LogP contribution is 2.25. The molecule has 0 aliphatic heterocycles. The van der Waals surface area contributed by atoms with Gasteiger partial charge in [-0.1, -0.05) is 0 Å². The number of nitrogens with two attached hydrogens (primary N) is 1. The molecule has 0 atom stereocenters. The lowest BCUT2D eigenvalue weighted by Gasteiger charge is -2.19. The minimum Gasteiger partial charge on any atom is -0.371 e. The van der Waals surface area contributed by atoms with Crippen molar-refractivity contribution in [1.82, 2.24) is 4.90 Å². The lowest BCUT2D eigenvalue weighted by atomic mass is 10.1. The number of rotatable bonds is 7. The highest BCUT2D eigenvalue weighted by atomic mass is 16.6. The molecule has 8 nitrogen and oxygen atoms in total. The van der Waals surface area contributed by atoms with Gasteiger partial charge in [-0.05, 0) is 26.0 Å². The summed E-state index contributed by atoms with van der Waals surface area (Å²) < 4.78 is 0. The number of nitro benzene ring substituents is 1. The molecule has 0 saturated heterocycles. The predicted octanol–water partition coefficient (Wildman–Crippen LogP) is 0.974. The Hall–Kier alpha value is -2.64. The Labute approximate surface area is 122 Å². The van der Waals surface area contributed by atoms with Crippen molar-refractivity contribution < 1.29 is 14.5 Å². The van der Waals surface area contributed by atoms with Crippen LogP contribution in [0.25, 0.3) is 0 Å². The number of hydrogen-bond donors (Lipinski definition) is 2. The van der Waals surface area contributed by atoms with Crippen LogP contribution in [0.2, 0.25) is 0 Å². The minimum absolute atomic E-state index is 0.0925. The molecular formula is C13H18N4O4. The average molecular weight is 294 g/mol. The zero-order valence-electron chi connectivity index (χ0n) is 12.0. The van der Waals surface area contributed by atoms with Crippen molar-refractivity contribution in [1.29, 1.82) is 0 Å². The largest absolute Gasteiger partial charge is 0.371 e. The Morgan fingerprint density at radius 1 is 1.33 bits per heavy atom. The number of hydrogen-bond acceptors (Lipinski definition) is 5. The van der Waals surface area contributed by atoms with Gasteiger partial charge < -0.3 is 16.0 Å². The molecule has 1 aromatic carbocycles. The number of anilines is 1. The van der Waals surface area contributed by atoms with E-state index in [1.54, 1.807) is 4.90 Å². The summed E-state index contributed by atoms with van der Waals surface area (Å²) in [6, 6.07) is 3.73. The first-order chi connectivity index (χ1) is 9.90. The maximum Gasteiger partial charge on any atom is 0.292 e. The summed E-state index contributed by atoms with van der Waals surface area (Å²) in [5.41, 5.74) is 5.16. The van der Waals surface area contributed by atoms with E-state index in [9.17, 15) is 19.7 Å². The summed E-state index contributed by atoms with van der Waals surface area (Å²) in [6.07, 6.45) is 0. The molecule has 2 amide bonds. The van der Waals surface area contributed by atoms with E-state index in [2.05, 4.69) is 5.32 Å². The molecule has 0 saturated carbocycles. The molecule has 8 heteroatoms. The Kier molecular flexibility index (Phi) is 5.65. The molecule has 0 aliphatic rings.